The SMILES string of the molecule is CNC(=O)C(CCC=O)N(C)Cc1c(C=O)cccc1NCC(=O)N1CCCCC1. The van der Waals surface area contributed by atoms with E-state index in [-0.39, 0.29) is 24.8 Å². The van der Waals surface area contributed by atoms with Gasteiger partial charge in [0, 0.05) is 44.4 Å². The predicted octanol–water partition coefficient (Wildman–Crippen LogP) is 1.45. The third kappa shape index (κ3) is 6.38. The molecule has 0 aromatic heterocycles. The number of amides is 2. The van der Waals surface area contributed by atoms with Gasteiger partial charge in [-0.3, -0.25) is 19.3 Å². The molecular weight excluding hydrogens is 384 g/mol. The van der Waals surface area contributed by atoms with E-state index < -0.39 is 6.04 Å². The summed E-state index contributed by atoms with van der Waals surface area (Å²) in [6.07, 6.45) is 5.45. The average molecular weight is 417 g/mol. The van der Waals surface area contributed by atoms with E-state index in [1.807, 2.05) is 15.9 Å². The first-order valence-corrected chi connectivity index (χ1v) is 10.5. The van der Waals surface area contributed by atoms with Crippen molar-refractivity contribution < 1.29 is 19.2 Å². The number of hydrogen-bond donors (Lipinski definition) is 2. The van der Waals surface area contributed by atoms with Crippen LogP contribution in [0.15, 0.2) is 18.2 Å². The maximum absolute atomic E-state index is 12.5. The summed E-state index contributed by atoms with van der Waals surface area (Å²) in [7, 11) is 3.34. The monoisotopic (exact) mass is 416 g/mol. The Kier molecular flexibility index (Phi) is 9.47. The van der Waals surface area contributed by atoms with Crippen LogP contribution in [-0.2, 0) is 20.9 Å². The number of anilines is 1. The molecule has 0 aliphatic carbocycles. The van der Waals surface area contributed by atoms with Gasteiger partial charge in [-0.1, -0.05) is 12.1 Å². The molecule has 2 N–H and O–H groups in total. The largest absolute Gasteiger partial charge is 0.376 e. The maximum atomic E-state index is 12.5. The highest BCUT2D eigenvalue weighted by Gasteiger charge is 2.24. The van der Waals surface area contributed by atoms with E-state index in [4.69, 9.17) is 0 Å². The van der Waals surface area contributed by atoms with Crippen LogP contribution in [0.4, 0.5) is 5.69 Å². The quantitative estimate of drug-likeness (QED) is 0.530. The second-order valence-corrected chi connectivity index (χ2v) is 7.58. The number of rotatable bonds is 11. The van der Waals surface area contributed by atoms with Gasteiger partial charge in [-0.2, -0.15) is 0 Å². The third-order valence-corrected chi connectivity index (χ3v) is 5.52. The molecule has 30 heavy (non-hydrogen) atoms. The summed E-state index contributed by atoms with van der Waals surface area (Å²) in [5.41, 5.74) is 1.92. The normalized spacial score (nSPS) is 14.8. The van der Waals surface area contributed by atoms with E-state index in [0.717, 1.165) is 50.5 Å². The molecule has 2 rings (SSSR count). The van der Waals surface area contributed by atoms with E-state index >= 15 is 0 Å². The summed E-state index contributed by atoms with van der Waals surface area (Å²) >= 11 is 0. The van der Waals surface area contributed by atoms with E-state index in [1.165, 1.54) is 0 Å². The van der Waals surface area contributed by atoms with Crippen molar-refractivity contribution in [1.82, 2.24) is 15.1 Å². The molecular formula is C22H32N4O4. The molecule has 1 fully saturated rings. The van der Waals surface area contributed by atoms with Gasteiger partial charge in [-0.15, -0.1) is 0 Å². The van der Waals surface area contributed by atoms with E-state index in [9.17, 15) is 19.2 Å². The first-order chi connectivity index (χ1) is 14.5. The zero-order chi connectivity index (χ0) is 21.9. The Morgan fingerprint density at radius 2 is 1.93 bits per heavy atom. The lowest BCUT2D eigenvalue weighted by molar-refractivity contribution is -0.130. The van der Waals surface area contributed by atoms with Gasteiger partial charge in [0.05, 0.1) is 12.6 Å². The number of piperidine rings is 1. The lowest BCUT2D eigenvalue weighted by Gasteiger charge is -2.29. The standard InChI is InChI=1S/C22H32N4O4/c1-23-22(30)20(10-7-13-27)25(2)15-18-17(16-28)8-6-9-19(18)24-14-21(29)26-11-4-3-5-12-26/h6,8-9,13,16,20,24H,3-5,7,10-12,14-15H2,1-2H3,(H,23,30). The molecule has 2 amide bonds. The lowest BCUT2D eigenvalue weighted by Crippen LogP contribution is -2.44. The van der Waals surface area contributed by atoms with Crippen molar-refractivity contribution in [1.29, 1.82) is 0 Å². The van der Waals surface area contributed by atoms with Crippen LogP contribution in [0, 0.1) is 0 Å². The summed E-state index contributed by atoms with van der Waals surface area (Å²) in [5.74, 6) is -0.141. The van der Waals surface area contributed by atoms with Crippen LogP contribution in [0.3, 0.4) is 0 Å². The fourth-order valence-corrected chi connectivity index (χ4v) is 3.79. The molecule has 1 atom stereocenters. The van der Waals surface area contributed by atoms with E-state index in [0.29, 0.717) is 24.2 Å². The molecule has 1 aromatic carbocycles. The minimum absolute atomic E-state index is 0.0414. The zero-order valence-electron chi connectivity index (χ0n) is 17.9. The molecule has 0 radical (unpaired) electrons. The molecule has 1 saturated heterocycles. The Bertz CT molecular complexity index is 747. The molecule has 1 aliphatic heterocycles. The number of aldehydes is 2. The number of nitrogens with zero attached hydrogens (tertiary/aromatic N) is 2. The number of benzene rings is 1. The van der Waals surface area contributed by atoms with Crippen LogP contribution < -0.4 is 10.6 Å². The fourth-order valence-electron chi connectivity index (χ4n) is 3.79. The van der Waals surface area contributed by atoms with Crippen molar-refractivity contribution in [2.24, 2.45) is 0 Å². The Balaban J connectivity index is 2.15. The van der Waals surface area contributed by atoms with Gasteiger partial charge < -0.3 is 20.3 Å². The molecule has 1 heterocycles. The van der Waals surface area contributed by atoms with Gasteiger partial charge in [0.15, 0.2) is 0 Å². The molecule has 0 spiro atoms. The number of carbonyl (C=O) groups excluding carboxylic acids is 4. The third-order valence-electron chi connectivity index (χ3n) is 5.52. The van der Waals surface area contributed by atoms with Gasteiger partial charge in [-0.25, -0.2) is 0 Å². The second-order valence-electron chi connectivity index (χ2n) is 7.58. The Labute approximate surface area is 178 Å². The zero-order valence-corrected chi connectivity index (χ0v) is 17.9. The molecule has 0 bridgehead atoms. The number of nitrogens with one attached hydrogen (secondary N) is 2. The van der Waals surface area contributed by atoms with Gasteiger partial charge in [0.2, 0.25) is 11.8 Å². The Hall–Kier alpha value is -2.74. The summed E-state index contributed by atoms with van der Waals surface area (Å²) in [6.45, 7) is 2.05. The first-order valence-electron chi connectivity index (χ1n) is 10.5. The van der Waals surface area contributed by atoms with Crippen molar-refractivity contribution >= 4 is 30.1 Å². The molecule has 0 saturated carbocycles. The summed E-state index contributed by atoms with van der Waals surface area (Å²) in [6, 6.07) is 4.82. The molecule has 8 heteroatoms. The van der Waals surface area contributed by atoms with Gasteiger partial charge in [0.1, 0.15) is 12.6 Å². The van der Waals surface area contributed by atoms with Crippen molar-refractivity contribution in [3.63, 3.8) is 0 Å². The van der Waals surface area contributed by atoms with Gasteiger partial charge in [-0.05, 0) is 44.4 Å². The highest BCUT2D eigenvalue weighted by molar-refractivity contribution is 5.84. The van der Waals surface area contributed by atoms with Crippen molar-refractivity contribution in [3.8, 4) is 0 Å². The van der Waals surface area contributed by atoms with Gasteiger partial charge >= 0.3 is 0 Å². The van der Waals surface area contributed by atoms with Crippen molar-refractivity contribution in [3.05, 3.63) is 29.3 Å². The molecule has 8 nitrogen and oxygen atoms in total. The molecule has 1 aromatic rings. The predicted molar refractivity (Wildman–Crippen MR) is 115 cm³/mol. The average Bonchev–Trinajstić information content (AvgIpc) is 2.78. The van der Waals surface area contributed by atoms with Crippen LogP contribution in [-0.4, -0.2) is 74.0 Å². The van der Waals surface area contributed by atoms with E-state index in [1.54, 1.807) is 26.2 Å². The van der Waals surface area contributed by atoms with Crippen LogP contribution in [0.2, 0.25) is 0 Å². The van der Waals surface area contributed by atoms with Crippen LogP contribution in [0.1, 0.15) is 48.0 Å². The first kappa shape index (κ1) is 23.5. The summed E-state index contributed by atoms with van der Waals surface area (Å²) < 4.78 is 0. The number of likely N-dealkylation sites (N-methyl/N-ethyl adjacent to an activating group) is 2. The summed E-state index contributed by atoms with van der Waals surface area (Å²) in [5, 5.41) is 5.81. The molecule has 164 valence electrons. The minimum Gasteiger partial charge on any atom is -0.376 e. The lowest BCUT2D eigenvalue weighted by atomic mass is 10.0. The van der Waals surface area contributed by atoms with Crippen molar-refractivity contribution in [2.75, 3.05) is 39.0 Å². The smallest absolute Gasteiger partial charge is 0.241 e. The Morgan fingerprint density at radius 1 is 1.20 bits per heavy atom. The number of carbonyl (C=O) groups is 4. The maximum Gasteiger partial charge on any atom is 0.241 e. The highest BCUT2D eigenvalue weighted by atomic mass is 16.2. The van der Waals surface area contributed by atoms with Crippen molar-refractivity contribution in [2.45, 2.75) is 44.7 Å². The molecule has 1 unspecified atom stereocenters. The van der Waals surface area contributed by atoms with E-state index in [2.05, 4.69) is 10.6 Å². The highest BCUT2D eigenvalue weighted by Crippen LogP contribution is 2.22. The topological polar surface area (TPSA) is 98.8 Å². The fraction of sp³-hybridized carbons (Fsp3) is 0.545. The van der Waals surface area contributed by atoms with Crippen LogP contribution in [0.25, 0.3) is 0 Å². The van der Waals surface area contributed by atoms with Crippen LogP contribution in [0.5, 0.6) is 0 Å². The van der Waals surface area contributed by atoms with Crippen LogP contribution >= 0.6 is 0 Å². The Morgan fingerprint density at radius 3 is 2.57 bits per heavy atom. The summed E-state index contributed by atoms with van der Waals surface area (Å²) in [4.78, 5) is 50.9. The second kappa shape index (κ2) is 12.1. The number of hydrogen-bond acceptors (Lipinski definition) is 6. The molecule has 1 aliphatic rings. The van der Waals surface area contributed by atoms with Gasteiger partial charge in [0.25, 0.3) is 0 Å². The minimum atomic E-state index is -0.497. The number of likely N-dealkylation sites (tertiary alicyclic amines) is 1.